The van der Waals surface area contributed by atoms with Crippen molar-refractivity contribution in [3.63, 3.8) is 0 Å². The standard InChI is InChI=1S/C27H34FN3O2/c1-5-27(32)31-13-12-30(16-20(31)3)18-26(22-7-6-19(2)25(28)15-22)33-24-9-8-23-17-29(4)11-10-21(23)14-24/h5-9,14-15,20,26H,1,10-13,16-18H2,2-4H3/t20-,26+/m1/s1. The van der Waals surface area contributed by atoms with E-state index in [1.807, 2.05) is 23.1 Å². The number of carbonyl (C=O) groups is 1. The highest BCUT2D eigenvalue weighted by molar-refractivity contribution is 5.87. The number of carbonyl (C=O) groups excluding carboxylic acids is 1. The Morgan fingerprint density at radius 2 is 2.03 bits per heavy atom. The lowest BCUT2D eigenvalue weighted by Gasteiger charge is -2.40. The molecule has 0 N–H and O–H groups in total. The molecule has 176 valence electrons. The molecular formula is C27H34FN3O2. The average Bonchev–Trinajstić information content (AvgIpc) is 2.80. The minimum atomic E-state index is -0.307. The largest absolute Gasteiger partial charge is 0.484 e. The van der Waals surface area contributed by atoms with E-state index >= 15 is 0 Å². The highest BCUT2D eigenvalue weighted by Gasteiger charge is 2.29. The van der Waals surface area contributed by atoms with Gasteiger partial charge >= 0.3 is 0 Å². The smallest absolute Gasteiger partial charge is 0.246 e. The fraction of sp³-hybridized carbons (Fsp3) is 0.444. The van der Waals surface area contributed by atoms with Crippen LogP contribution in [-0.2, 0) is 17.8 Å². The van der Waals surface area contributed by atoms with Crippen LogP contribution in [0.3, 0.4) is 0 Å². The highest BCUT2D eigenvalue weighted by Crippen LogP contribution is 2.29. The molecule has 33 heavy (non-hydrogen) atoms. The second kappa shape index (κ2) is 10.1. The normalized spacial score (nSPS) is 20.2. The summed E-state index contributed by atoms with van der Waals surface area (Å²) in [6.45, 7) is 12.2. The summed E-state index contributed by atoms with van der Waals surface area (Å²) in [6.07, 6.45) is 2.07. The van der Waals surface area contributed by atoms with Crippen LogP contribution in [0.1, 0.15) is 35.3 Å². The van der Waals surface area contributed by atoms with Crippen LogP contribution < -0.4 is 4.74 Å². The fourth-order valence-corrected chi connectivity index (χ4v) is 4.81. The summed E-state index contributed by atoms with van der Waals surface area (Å²) < 4.78 is 20.9. The summed E-state index contributed by atoms with van der Waals surface area (Å²) in [5.41, 5.74) is 4.11. The number of piperazine rings is 1. The van der Waals surface area contributed by atoms with E-state index in [9.17, 15) is 9.18 Å². The lowest BCUT2D eigenvalue weighted by molar-refractivity contribution is -0.130. The molecule has 2 aromatic carbocycles. The van der Waals surface area contributed by atoms with Gasteiger partial charge in [0.2, 0.25) is 5.91 Å². The quantitative estimate of drug-likeness (QED) is 0.623. The predicted octanol–water partition coefficient (Wildman–Crippen LogP) is 3.96. The minimum absolute atomic E-state index is 0.0322. The molecule has 1 amide bonds. The van der Waals surface area contributed by atoms with Crippen molar-refractivity contribution in [1.29, 1.82) is 0 Å². The van der Waals surface area contributed by atoms with E-state index in [0.717, 1.165) is 43.9 Å². The Bertz CT molecular complexity index is 1020. The predicted molar refractivity (Wildman–Crippen MR) is 129 cm³/mol. The average molecular weight is 452 g/mol. The van der Waals surface area contributed by atoms with Crippen LogP contribution in [0.4, 0.5) is 4.39 Å². The lowest BCUT2D eigenvalue weighted by atomic mass is 9.99. The molecule has 0 radical (unpaired) electrons. The van der Waals surface area contributed by atoms with Crippen LogP contribution in [0.25, 0.3) is 0 Å². The molecule has 0 bridgehead atoms. The molecule has 1 saturated heterocycles. The summed E-state index contributed by atoms with van der Waals surface area (Å²) >= 11 is 0. The Hall–Kier alpha value is -2.70. The van der Waals surface area contributed by atoms with E-state index in [4.69, 9.17) is 4.74 Å². The maximum atomic E-state index is 14.4. The van der Waals surface area contributed by atoms with Crippen LogP contribution >= 0.6 is 0 Å². The van der Waals surface area contributed by atoms with Crippen molar-refractivity contribution < 1.29 is 13.9 Å². The Morgan fingerprint density at radius 1 is 1.21 bits per heavy atom. The number of hydrogen-bond acceptors (Lipinski definition) is 4. The van der Waals surface area contributed by atoms with Gasteiger partial charge in [-0.05, 0) is 73.8 Å². The molecule has 0 aromatic heterocycles. The van der Waals surface area contributed by atoms with Crippen molar-refractivity contribution in [1.82, 2.24) is 14.7 Å². The topological polar surface area (TPSA) is 36.0 Å². The molecular weight excluding hydrogens is 417 g/mol. The Morgan fingerprint density at radius 3 is 2.76 bits per heavy atom. The molecule has 2 aliphatic rings. The van der Waals surface area contributed by atoms with E-state index in [-0.39, 0.29) is 23.9 Å². The van der Waals surface area contributed by atoms with Crippen molar-refractivity contribution in [2.75, 3.05) is 39.8 Å². The van der Waals surface area contributed by atoms with Crippen molar-refractivity contribution in [2.24, 2.45) is 0 Å². The summed E-state index contributed by atoms with van der Waals surface area (Å²) in [4.78, 5) is 18.6. The van der Waals surface area contributed by atoms with Crippen molar-refractivity contribution in [3.05, 3.63) is 77.1 Å². The number of benzene rings is 2. The first-order valence-corrected chi connectivity index (χ1v) is 11.7. The van der Waals surface area contributed by atoms with Gasteiger partial charge in [0.05, 0.1) is 0 Å². The van der Waals surface area contributed by atoms with Crippen LogP contribution in [0.5, 0.6) is 5.75 Å². The molecule has 1 fully saturated rings. The van der Waals surface area contributed by atoms with Crippen LogP contribution in [0.2, 0.25) is 0 Å². The summed E-state index contributed by atoms with van der Waals surface area (Å²) in [5.74, 6) is 0.567. The molecule has 0 saturated carbocycles. The Kier molecular flexibility index (Phi) is 7.15. The number of halogens is 1. The zero-order valence-electron chi connectivity index (χ0n) is 19.9. The first kappa shape index (κ1) is 23.5. The minimum Gasteiger partial charge on any atom is -0.484 e. The molecule has 4 rings (SSSR count). The molecule has 5 nitrogen and oxygen atoms in total. The number of likely N-dealkylation sites (N-methyl/N-ethyl adjacent to an activating group) is 1. The number of hydrogen-bond donors (Lipinski definition) is 0. The van der Waals surface area contributed by atoms with E-state index < -0.39 is 0 Å². The molecule has 2 aliphatic heterocycles. The van der Waals surface area contributed by atoms with E-state index in [2.05, 4.69) is 42.5 Å². The van der Waals surface area contributed by atoms with E-state index in [0.29, 0.717) is 18.7 Å². The third-order valence-electron chi connectivity index (χ3n) is 6.82. The summed E-state index contributed by atoms with van der Waals surface area (Å²) in [6, 6.07) is 11.8. The second-order valence-electron chi connectivity index (χ2n) is 9.38. The molecule has 6 heteroatoms. The van der Waals surface area contributed by atoms with Gasteiger partial charge < -0.3 is 14.5 Å². The molecule has 0 aliphatic carbocycles. The maximum Gasteiger partial charge on any atom is 0.246 e. The van der Waals surface area contributed by atoms with Crippen molar-refractivity contribution in [2.45, 2.75) is 39.0 Å². The van der Waals surface area contributed by atoms with Crippen LogP contribution in [0, 0.1) is 12.7 Å². The number of amides is 1. The fourth-order valence-electron chi connectivity index (χ4n) is 4.81. The number of fused-ring (bicyclic) bond motifs is 1. The van der Waals surface area contributed by atoms with Crippen LogP contribution in [0.15, 0.2) is 49.1 Å². The third-order valence-corrected chi connectivity index (χ3v) is 6.82. The summed E-state index contributed by atoms with van der Waals surface area (Å²) in [5, 5.41) is 0. The van der Waals surface area contributed by atoms with Gasteiger partial charge in [0.25, 0.3) is 0 Å². The van der Waals surface area contributed by atoms with Gasteiger partial charge in [-0.25, -0.2) is 4.39 Å². The van der Waals surface area contributed by atoms with Gasteiger partial charge in [0.1, 0.15) is 17.7 Å². The van der Waals surface area contributed by atoms with Crippen LogP contribution in [-0.4, -0.2) is 66.4 Å². The maximum absolute atomic E-state index is 14.4. The molecule has 0 unspecified atom stereocenters. The Balaban J connectivity index is 1.54. The van der Waals surface area contributed by atoms with E-state index in [1.54, 1.807) is 13.0 Å². The molecule has 0 spiro atoms. The van der Waals surface area contributed by atoms with Gasteiger partial charge in [0.15, 0.2) is 0 Å². The van der Waals surface area contributed by atoms with Gasteiger partial charge in [-0.1, -0.05) is 24.8 Å². The van der Waals surface area contributed by atoms with Gasteiger partial charge in [-0.2, -0.15) is 0 Å². The Labute approximate surface area is 196 Å². The summed E-state index contributed by atoms with van der Waals surface area (Å²) in [7, 11) is 2.14. The van der Waals surface area contributed by atoms with Crippen molar-refractivity contribution in [3.8, 4) is 5.75 Å². The zero-order chi connectivity index (χ0) is 23.5. The highest BCUT2D eigenvalue weighted by atomic mass is 19.1. The van der Waals surface area contributed by atoms with Gasteiger partial charge in [0, 0.05) is 45.3 Å². The van der Waals surface area contributed by atoms with Crippen molar-refractivity contribution >= 4 is 5.91 Å². The lowest BCUT2D eigenvalue weighted by Crippen LogP contribution is -2.54. The zero-order valence-corrected chi connectivity index (χ0v) is 19.9. The monoisotopic (exact) mass is 451 g/mol. The number of rotatable bonds is 6. The number of aryl methyl sites for hydroxylation is 1. The molecule has 2 aromatic rings. The first-order valence-electron chi connectivity index (χ1n) is 11.7. The number of nitrogens with zero attached hydrogens (tertiary/aromatic N) is 3. The number of ether oxygens (including phenoxy) is 1. The van der Waals surface area contributed by atoms with Gasteiger partial charge in [-0.3, -0.25) is 9.69 Å². The first-order chi connectivity index (χ1) is 15.8. The van der Waals surface area contributed by atoms with Gasteiger partial charge in [-0.15, -0.1) is 0 Å². The molecule has 2 heterocycles. The van der Waals surface area contributed by atoms with E-state index in [1.165, 1.54) is 17.2 Å². The SMILES string of the molecule is C=CC(=O)N1CCN(C[C@H](Oc2ccc3c(c2)CCN(C)C3)c2ccc(C)c(F)c2)C[C@H]1C. The third kappa shape index (κ3) is 5.45. The molecule has 2 atom stereocenters. The second-order valence-corrected chi connectivity index (χ2v) is 9.38.